The smallest absolute Gasteiger partial charge is 0.314 e. The Kier molecular flexibility index (Phi) is 5.98. The molecule has 8 nitrogen and oxygen atoms in total. The monoisotopic (exact) mass is 382 g/mol. The molecule has 1 aliphatic heterocycles. The molecule has 0 amide bonds. The van der Waals surface area contributed by atoms with E-state index in [1.807, 2.05) is 4.72 Å². The van der Waals surface area contributed by atoms with Crippen molar-refractivity contribution in [2.45, 2.75) is 17.1 Å². The summed E-state index contributed by atoms with van der Waals surface area (Å²) in [6.07, 6.45) is -4.64. The molecular weight excluding hydrogens is 365 g/mol. The topological polar surface area (TPSA) is 105 Å². The van der Waals surface area contributed by atoms with Gasteiger partial charge >= 0.3 is 6.18 Å². The van der Waals surface area contributed by atoms with E-state index in [0.717, 1.165) is 17.0 Å². The number of piperazine rings is 1. The number of sulfonamides is 1. The van der Waals surface area contributed by atoms with Gasteiger partial charge in [-0.15, -0.1) is 0 Å². The van der Waals surface area contributed by atoms with Crippen LogP contribution in [-0.2, 0) is 10.0 Å². The van der Waals surface area contributed by atoms with Crippen LogP contribution in [0.5, 0.6) is 0 Å². The number of rotatable bonds is 6. The summed E-state index contributed by atoms with van der Waals surface area (Å²) in [5, 5.41) is 13.8. The third-order valence-corrected chi connectivity index (χ3v) is 5.26. The summed E-state index contributed by atoms with van der Waals surface area (Å²) in [7, 11) is -4.46. The van der Waals surface area contributed by atoms with E-state index < -0.39 is 44.3 Å². The van der Waals surface area contributed by atoms with Gasteiger partial charge < -0.3 is 5.32 Å². The van der Waals surface area contributed by atoms with Crippen molar-refractivity contribution in [3.05, 3.63) is 34.4 Å². The Morgan fingerprint density at radius 3 is 2.44 bits per heavy atom. The van der Waals surface area contributed by atoms with E-state index in [9.17, 15) is 31.7 Å². The molecule has 1 aromatic rings. The van der Waals surface area contributed by atoms with Crippen LogP contribution >= 0.6 is 0 Å². The minimum absolute atomic E-state index is 0.122. The number of halogens is 3. The summed E-state index contributed by atoms with van der Waals surface area (Å²) in [4.78, 5) is 10.5. The molecule has 1 fully saturated rings. The van der Waals surface area contributed by atoms with E-state index in [4.69, 9.17) is 0 Å². The predicted molar refractivity (Wildman–Crippen MR) is 82.6 cm³/mol. The molecule has 2 N–H and O–H groups in total. The van der Waals surface area contributed by atoms with Crippen molar-refractivity contribution in [3.8, 4) is 0 Å². The highest BCUT2D eigenvalue weighted by Crippen LogP contribution is 2.26. The average molecular weight is 382 g/mol. The van der Waals surface area contributed by atoms with Gasteiger partial charge in [0.05, 0.1) is 4.92 Å². The van der Waals surface area contributed by atoms with E-state index in [0.29, 0.717) is 13.1 Å². The molecule has 2 rings (SSSR count). The molecule has 1 aliphatic rings. The van der Waals surface area contributed by atoms with Crippen molar-refractivity contribution in [3.63, 3.8) is 0 Å². The van der Waals surface area contributed by atoms with Gasteiger partial charge in [0.15, 0.2) is 4.90 Å². The van der Waals surface area contributed by atoms with E-state index in [-0.39, 0.29) is 13.1 Å². The standard InChI is InChI=1S/C13H17F3N4O4S/c14-13(15,16)12(19-7-5-17-6-8-19)9-18-25(23,24)11-4-2-1-3-10(11)20(21)22/h1-4,12,17-18H,5-9H2. The second kappa shape index (κ2) is 7.64. The van der Waals surface area contributed by atoms with Crippen molar-refractivity contribution >= 4 is 15.7 Å². The largest absolute Gasteiger partial charge is 0.405 e. The van der Waals surface area contributed by atoms with E-state index >= 15 is 0 Å². The third-order valence-electron chi connectivity index (χ3n) is 3.79. The van der Waals surface area contributed by atoms with Crippen molar-refractivity contribution < 1.29 is 26.5 Å². The Bertz CT molecular complexity index is 720. The Labute approximate surface area is 142 Å². The summed E-state index contributed by atoms with van der Waals surface area (Å²) in [5.74, 6) is 0. The van der Waals surface area contributed by atoms with Gasteiger partial charge in [0.1, 0.15) is 6.04 Å². The summed E-state index contributed by atoms with van der Waals surface area (Å²) >= 11 is 0. The Morgan fingerprint density at radius 2 is 1.88 bits per heavy atom. The lowest BCUT2D eigenvalue weighted by Crippen LogP contribution is -2.57. The lowest BCUT2D eigenvalue weighted by Gasteiger charge is -2.35. The molecule has 0 aliphatic carbocycles. The van der Waals surface area contributed by atoms with Crippen molar-refractivity contribution in [1.29, 1.82) is 0 Å². The molecule has 1 aromatic carbocycles. The number of hydrogen-bond donors (Lipinski definition) is 2. The minimum Gasteiger partial charge on any atom is -0.314 e. The number of para-hydroxylation sites is 1. The van der Waals surface area contributed by atoms with Gasteiger partial charge in [-0.05, 0) is 6.07 Å². The maximum atomic E-state index is 13.3. The molecule has 1 unspecified atom stereocenters. The van der Waals surface area contributed by atoms with Crippen LogP contribution in [0.15, 0.2) is 29.2 Å². The minimum atomic E-state index is -4.64. The van der Waals surface area contributed by atoms with Crippen LogP contribution < -0.4 is 10.0 Å². The zero-order valence-electron chi connectivity index (χ0n) is 13.0. The Hall–Kier alpha value is -1.76. The number of nitro groups is 1. The van der Waals surface area contributed by atoms with Crippen LogP contribution in [-0.4, -0.2) is 63.2 Å². The summed E-state index contributed by atoms with van der Waals surface area (Å²) in [5.41, 5.74) is -0.694. The van der Waals surface area contributed by atoms with Gasteiger partial charge in [0.2, 0.25) is 10.0 Å². The fourth-order valence-electron chi connectivity index (χ4n) is 2.55. The third kappa shape index (κ3) is 4.87. The van der Waals surface area contributed by atoms with Gasteiger partial charge in [-0.25, -0.2) is 13.1 Å². The first-order chi connectivity index (χ1) is 11.6. The van der Waals surface area contributed by atoms with Crippen LogP contribution in [0.4, 0.5) is 18.9 Å². The fourth-order valence-corrected chi connectivity index (χ4v) is 3.76. The van der Waals surface area contributed by atoms with Crippen molar-refractivity contribution in [2.24, 2.45) is 0 Å². The molecule has 0 saturated carbocycles. The Balaban J connectivity index is 2.20. The number of alkyl halides is 3. The van der Waals surface area contributed by atoms with Gasteiger partial charge in [-0.3, -0.25) is 15.0 Å². The Morgan fingerprint density at radius 1 is 1.28 bits per heavy atom. The molecule has 0 aromatic heterocycles. The quantitative estimate of drug-likeness (QED) is 0.555. The van der Waals surface area contributed by atoms with Crippen LogP contribution in [0.25, 0.3) is 0 Å². The highest BCUT2D eigenvalue weighted by molar-refractivity contribution is 7.89. The fraction of sp³-hybridized carbons (Fsp3) is 0.538. The van der Waals surface area contributed by atoms with Crippen molar-refractivity contribution in [1.82, 2.24) is 14.9 Å². The van der Waals surface area contributed by atoms with Crippen LogP contribution in [0.2, 0.25) is 0 Å². The molecular formula is C13H17F3N4O4S. The predicted octanol–water partition coefficient (Wildman–Crippen LogP) is 0.709. The summed E-state index contributed by atoms with van der Waals surface area (Å²) < 4.78 is 66.2. The van der Waals surface area contributed by atoms with Crippen LogP contribution in [0.3, 0.4) is 0 Å². The lowest BCUT2D eigenvalue weighted by molar-refractivity contribution is -0.387. The highest BCUT2D eigenvalue weighted by atomic mass is 32.2. The van der Waals surface area contributed by atoms with Gasteiger partial charge in [-0.2, -0.15) is 13.2 Å². The van der Waals surface area contributed by atoms with Crippen molar-refractivity contribution in [2.75, 3.05) is 32.7 Å². The highest BCUT2D eigenvalue weighted by Gasteiger charge is 2.44. The summed E-state index contributed by atoms with van der Waals surface area (Å²) in [6, 6.07) is 2.49. The molecule has 0 spiro atoms. The summed E-state index contributed by atoms with van der Waals surface area (Å²) in [6.45, 7) is 0.0552. The number of hydrogen-bond acceptors (Lipinski definition) is 6. The van der Waals surface area contributed by atoms with E-state index in [2.05, 4.69) is 5.32 Å². The van der Waals surface area contributed by atoms with E-state index in [1.165, 1.54) is 12.1 Å². The maximum Gasteiger partial charge on any atom is 0.405 e. The normalized spacial score (nSPS) is 18.0. The van der Waals surface area contributed by atoms with Crippen LogP contribution in [0, 0.1) is 10.1 Å². The van der Waals surface area contributed by atoms with Crippen LogP contribution in [0.1, 0.15) is 0 Å². The molecule has 25 heavy (non-hydrogen) atoms. The first kappa shape index (κ1) is 19.6. The zero-order valence-corrected chi connectivity index (χ0v) is 13.8. The lowest BCUT2D eigenvalue weighted by atomic mass is 10.2. The van der Waals surface area contributed by atoms with Gasteiger partial charge in [-0.1, -0.05) is 12.1 Å². The van der Waals surface area contributed by atoms with Gasteiger partial charge in [0.25, 0.3) is 5.69 Å². The number of nitrogens with zero attached hydrogens (tertiary/aromatic N) is 2. The first-order valence-electron chi connectivity index (χ1n) is 7.37. The molecule has 12 heteroatoms. The number of nitrogens with one attached hydrogen (secondary N) is 2. The number of benzene rings is 1. The average Bonchev–Trinajstić information content (AvgIpc) is 2.54. The second-order valence-electron chi connectivity index (χ2n) is 5.42. The molecule has 1 saturated heterocycles. The SMILES string of the molecule is O=[N+]([O-])c1ccccc1S(=O)(=O)NCC(N1CCNCC1)C(F)(F)F. The first-order valence-corrected chi connectivity index (χ1v) is 8.86. The molecule has 1 heterocycles. The zero-order chi connectivity index (χ0) is 18.7. The van der Waals surface area contributed by atoms with E-state index in [1.54, 1.807) is 0 Å². The van der Waals surface area contributed by atoms with Gasteiger partial charge in [0, 0.05) is 38.8 Å². The maximum absolute atomic E-state index is 13.3. The molecule has 0 radical (unpaired) electrons. The molecule has 0 bridgehead atoms. The number of nitro benzene ring substituents is 1. The molecule has 1 atom stereocenters. The second-order valence-corrected chi connectivity index (χ2v) is 7.16. The molecule has 140 valence electrons.